The third-order valence-electron chi connectivity index (χ3n) is 4.91. The van der Waals surface area contributed by atoms with E-state index in [2.05, 4.69) is 44.6 Å². The van der Waals surface area contributed by atoms with Crippen LogP contribution in [-0.4, -0.2) is 46.8 Å². The van der Waals surface area contributed by atoms with Crippen molar-refractivity contribution in [2.45, 2.75) is 12.8 Å². The summed E-state index contributed by atoms with van der Waals surface area (Å²) in [6.45, 7) is 3.38. The van der Waals surface area contributed by atoms with Gasteiger partial charge in [0.2, 0.25) is 0 Å². The molecule has 124 valence electrons. The number of aromatic nitrogens is 3. The van der Waals surface area contributed by atoms with E-state index in [1.807, 2.05) is 30.5 Å². The van der Waals surface area contributed by atoms with Gasteiger partial charge in [-0.05, 0) is 57.1 Å². The molecule has 0 spiro atoms. The number of rotatable bonds is 4. The Bertz CT molecular complexity index is 817. The van der Waals surface area contributed by atoms with Crippen molar-refractivity contribution in [3.05, 3.63) is 42.6 Å². The Balaban J connectivity index is 1.49. The quantitative estimate of drug-likeness (QED) is 0.773. The van der Waals surface area contributed by atoms with E-state index >= 15 is 0 Å². The SMILES string of the molecule is CN1CCC(CNc2cc(-c3n[nH]c4ccccc34)ccn2)CC1. The number of benzene rings is 1. The molecule has 2 N–H and O–H groups in total. The Labute approximate surface area is 142 Å². The van der Waals surface area contributed by atoms with Crippen molar-refractivity contribution in [3.8, 4) is 11.3 Å². The number of H-pyrrole nitrogens is 1. The number of fused-ring (bicyclic) bond motifs is 1. The van der Waals surface area contributed by atoms with Gasteiger partial charge in [-0.2, -0.15) is 5.10 Å². The first kappa shape index (κ1) is 15.1. The second kappa shape index (κ2) is 6.61. The predicted molar refractivity (Wildman–Crippen MR) is 98.0 cm³/mol. The number of pyridine rings is 1. The number of aromatic amines is 1. The lowest BCUT2D eigenvalue weighted by atomic mass is 9.97. The lowest BCUT2D eigenvalue weighted by molar-refractivity contribution is 0.226. The number of nitrogens with zero attached hydrogens (tertiary/aromatic N) is 3. The molecule has 1 aliphatic rings. The van der Waals surface area contributed by atoms with Gasteiger partial charge in [-0.15, -0.1) is 0 Å². The fourth-order valence-corrected chi connectivity index (χ4v) is 3.37. The lowest BCUT2D eigenvalue weighted by Gasteiger charge is -2.29. The molecule has 0 radical (unpaired) electrons. The van der Waals surface area contributed by atoms with Crippen LogP contribution in [-0.2, 0) is 0 Å². The summed E-state index contributed by atoms with van der Waals surface area (Å²) >= 11 is 0. The monoisotopic (exact) mass is 321 g/mol. The van der Waals surface area contributed by atoms with Crippen LogP contribution in [0.2, 0.25) is 0 Å². The second-order valence-corrected chi connectivity index (χ2v) is 6.68. The minimum atomic E-state index is 0.734. The summed E-state index contributed by atoms with van der Waals surface area (Å²) in [6.07, 6.45) is 4.37. The molecule has 0 aliphatic carbocycles. The van der Waals surface area contributed by atoms with Gasteiger partial charge in [0, 0.05) is 23.7 Å². The van der Waals surface area contributed by atoms with Crippen molar-refractivity contribution in [2.75, 3.05) is 32.0 Å². The van der Waals surface area contributed by atoms with E-state index in [9.17, 15) is 0 Å². The zero-order valence-electron chi connectivity index (χ0n) is 14.0. The molecule has 0 unspecified atom stereocenters. The van der Waals surface area contributed by atoms with E-state index in [0.29, 0.717) is 0 Å². The average Bonchev–Trinajstić information content (AvgIpc) is 3.06. The van der Waals surface area contributed by atoms with E-state index in [4.69, 9.17) is 0 Å². The lowest BCUT2D eigenvalue weighted by Crippen LogP contribution is -2.33. The fourth-order valence-electron chi connectivity index (χ4n) is 3.37. The van der Waals surface area contributed by atoms with Crippen LogP contribution < -0.4 is 5.32 Å². The highest BCUT2D eigenvalue weighted by molar-refractivity contribution is 5.93. The van der Waals surface area contributed by atoms with Crippen molar-refractivity contribution in [3.63, 3.8) is 0 Å². The van der Waals surface area contributed by atoms with Gasteiger partial charge in [-0.3, -0.25) is 5.10 Å². The van der Waals surface area contributed by atoms with Crippen LogP contribution >= 0.6 is 0 Å². The summed E-state index contributed by atoms with van der Waals surface area (Å²) in [7, 11) is 2.20. The molecule has 1 saturated heterocycles. The van der Waals surface area contributed by atoms with Gasteiger partial charge in [-0.1, -0.05) is 18.2 Å². The van der Waals surface area contributed by atoms with Gasteiger partial charge in [0.25, 0.3) is 0 Å². The number of hydrogen-bond acceptors (Lipinski definition) is 4. The van der Waals surface area contributed by atoms with Crippen molar-refractivity contribution in [1.82, 2.24) is 20.1 Å². The maximum Gasteiger partial charge on any atom is 0.126 e. The molecule has 5 nitrogen and oxygen atoms in total. The third-order valence-corrected chi connectivity index (χ3v) is 4.91. The predicted octanol–water partition coefficient (Wildman–Crippen LogP) is 3.38. The molecule has 0 atom stereocenters. The van der Waals surface area contributed by atoms with Crippen LogP contribution in [0.15, 0.2) is 42.6 Å². The molecule has 2 aromatic heterocycles. The van der Waals surface area contributed by atoms with Crippen LogP contribution in [0, 0.1) is 5.92 Å². The van der Waals surface area contributed by atoms with Crippen LogP contribution in [0.1, 0.15) is 12.8 Å². The van der Waals surface area contributed by atoms with Crippen molar-refractivity contribution < 1.29 is 0 Å². The van der Waals surface area contributed by atoms with E-state index in [-0.39, 0.29) is 0 Å². The molecule has 0 amide bonds. The summed E-state index contributed by atoms with van der Waals surface area (Å²) in [5.41, 5.74) is 3.13. The molecular weight excluding hydrogens is 298 g/mol. The van der Waals surface area contributed by atoms with Gasteiger partial charge in [0.15, 0.2) is 0 Å². The molecule has 0 bridgehead atoms. The number of nitrogens with one attached hydrogen (secondary N) is 2. The van der Waals surface area contributed by atoms with Gasteiger partial charge >= 0.3 is 0 Å². The molecule has 1 aliphatic heterocycles. The topological polar surface area (TPSA) is 56.8 Å². The molecular formula is C19H23N5. The number of likely N-dealkylation sites (tertiary alicyclic amines) is 1. The summed E-state index contributed by atoms with van der Waals surface area (Å²) in [6, 6.07) is 12.3. The largest absolute Gasteiger partial charge is 0.370 e. The van der Waals surface area contributed by atoms with E-state index in [0.717, 1.165) is 40.4 Å². The van der Waals surface area contributed by atoms with Gasteiger partial charge in [0.05, 0.1) is 5.52 Å². The molecule has 0 saturated carbocycles. The number of anilines is 1. The Morgan fingerprint density at radius 3 is 2.92 bits per heavy atom. The Hall–Kier alpha value is -2.40. The van der Waals surface area contributed by atoms with E-state index in [1.165, 1.54) is 25.9 Å². The maximum absolute atomic E-state index is 4.48. The van der Waals surface area contributed by atoms with E-state index < -0.39 is 0 Å². The van der Waals surface area contributed by atoms with Crippen LogP contribution in [0.4, 0.5) is 5.82 Å². The van der Waals surface area contributed by atoms with Gasteiger partial charge in [-0.25, -0.2) is 4.98 Å². The highest BCUT2D eigenvalue weighted by atomic mass is 15.1. The summed E-state index contributed by atoms with van der Waals surface area (Å²) in [4.78, 5) is 6.87. The zero-order valence-corrected chi connectivity index (χ0v) is 14.0. The first-order valence-corrected chi connectivity index (χ1v) is 8.61. The van der Waals surface area contributed by atoms with Crippen molar-refractivity contribution in [2.24, 2.45) is 5.92 Å². The van der Waals surface area contributed by atoms with Crippen LogP contribution in [0.5, 0.6) is 0 Å². The van der Waals surface area contributed by atoms with Crippen molar-refractivity contribution in [1.29, 1.82) is 0 Å². The van der Waals surface area contributed by atoms with Crippen LogP contribution in [0.25, 0.3) is 22.2 Å². The standard InChI is InChI=1S/C19H23N5/c1-24-10-7-14(8-11-24)13-21-18-12-15(6-9-20-18)19-16-4-2-3-5-17(16)22-23-19/h2-6,9,12,14H,7-8,10-11,13H2,1H3,(H,20,21)(H,22,23). The molecule has 5 heteroatoms. The van der Waals surface area contributed by atoms with Gasteiger partial charge < -0.3 is 10.2 Å². The highest BCUT2D eigenvalue weighted by Crippen LogP contribution is 2.27. The average molecular weight is 321 g/mol. The highest BCUT2D eigenvalue weighted by Gasteiger charge is 2.16. The van der Waals surface area contributed by atoms with Crippen LogP contribution in [0.3, 0.4) is 0 Å². The number of piperidine rings is 1. The normalized spacial score (nSPS) is 16.5. The summed E-state index contributed by atoms with van der Waals surface area (Å²) < 4.78 is 0. The molecule has 1 fully saturated rings. The zero-order chi connectivity index (χ0) is 16.4. The summed E-state index contributed by atoms with van der Waals surface area (Å²) in [5, 5.41) is 12.2. The minimum absolute atomic E-state index is 0.734. The number of para-hydroxylation sites is 1. The Morgan fingerprint density at radius 2 is 2.04 bits per heavy atom. The third kappa shape index (κ3) is 3.12. The van der Waals surface area contributed by atoms with E-state index in [1.54, 1.807) is 0 Å². The smallest absolute Gasteiger partial charge is 0.126 e. The first-order chi connectivity index (χ1) is 11.8. The fraction of sp³-hybridized carbons (Fsp3) is 0.368. The minimum Gasteiger partial charge on any atom is -0.370 e. The van der Waals surface area contributed by atoms with Gasteiger partial charge in [0.1, 0.15) is 11.5 Å². The molecule has 24 heavy (non-hydrogen) atoms. The second-order valence-electron chi connectivity index (χ2n) is 6.68. The molecule has 3 heterocycles. The maximum atomic E-state index is 4.48. The number of hydrogen-bond donors (Lipinski definition) is 2. The Kier molecular flexibility index (Phi) is 4.17. The van der Waals surface area contributed by atoms with Crippen molar-refractivity contribution >= 4 is 16.7 Å². The molecule has 4 rings (SSSR count). The molecule has 1 aromatic carbocycles. The molecule has 3 aromatic rings. The summed E-state index contributed by atoms with van der Waals surface area (Å²) in [5.74, 6) is 1.66. The Morgan fingerprint density at radius 1 is 1.21 bits per heavy atom. The first-order valence-electron chi connectivity index (χ1n) is 8.61.